The van der Waals surface area contributed by atoms with Gasteiger partial charge in [0, 0.05) is 6.42 Å². The predicted molar refractivity (Wildman–Crippen MR) is 80.5 cm³/mol. The molecule has 1 fully saturated rings. The zero-order chi connectivity index (χ0) is 16.7. The van der Waals surface area contributed by atoms with Crippen molar-refractivity contribution in [1.82, 2.24) is 5.32 Å². The van der Waals surface area contributed by atoms with Crippen LogP contribution in [0.5, 0.6) is 0 Å². The largest absolute Gasteiger partial charge is 0.458 e. The third-order valence-corrected chi connectivity index (χ3v) is 3.39. The molecule has 1 unspecified atom stereocenters. The maximum absolute atomic E-state index is 12.0. The Kier molecular flexibility index (Phi) is 6.37. The van der Waals surface area contributed by atoms with Crippen molar-refractivity contribution in [2.75, 3.05) is 13.2 Å². The van der Waals surface area contributed by atoms with E-state index < -0.39 is 24.2 Å². The fourth-order valence-electron chi connectivity index (χ4n) is 2.11. The summed E-state index contributed by atoms with van der Waals surface area (Å²) in [6.07, 6.45) is -1.63. The lowest BCUT2D eigenvalue weighted by molar-refractivity contribution is -0.154. The predicted octanol–water partition coefficient (Wildman–Crippen LogP) is 0.994. The monoisotopic (exact) mass is 323 g/mol. The molecule has 0 saturated carbocycles. The Balaban J connectivity index is 1.82. The first kappa shape index (κ1) is 17.2. The summed E-state index contributed by atoms with van der Waals surface area (Å²) in [4.78, 5) is 23.8. The molecule has 0 radical (unpaired) electrons. The van der Waals surface area contributed by atoms with Gasteiger partial charge in [0.15, 0.2) is 6.04 Å². The molecule has 1 aromatic rings. The van der Waals surface area contributed by atoms with Crippen LogP contribution in [-0.2, 0) is 25.6 Å². The molecular formula is C16H21NO6. The average molecular weight is 323 g/mol. The number of hydrogen-bond acceptors (Lipinski definition) is 6. The normalized spacial score (nSPS) is 19.7. The van der Waals surface area contributed by atoms with Gasteiger partial charge in [-0.15, -0.1) is 0 Å². The minimum atomic E-state index is -1.18. The first-order valence-corrected chi connectivity index (χ1v) is 7.50. The number of alkyl carbamates (subject to hydrolysis) is 1. The summed E-state index contributed by atoms with van der Waals surface area (Å²) < 4.78 is 15.4. The number of rotatable bonds is 6. The third kappa shape index (κ3) is 5.54. The standard InChI is InChI=1S/C16H21NO6/c1-11(18)14(15(19)23-13-7-8-21-10-13)17-16(20)22-9-12-5-3-2-4-6-12/h2-6,11,13-14,18H,7-10H2,1H3,(H,17,20)/t11-,13?,14-/m0/s1. The summed E-state index contributed by atoms with van der Waals surface area (Å²) in [5.74, 6) is -0.702. The molecule has 126 valence electrons. The van der Waals surface area contributed by atoms with Crippen LogP contribution in [0.15, 0.2) is 30.3 Å². The smallest absolute Gasteiger partial charge is 0.408 e. The van der Waals surface area contributed by atoms with Gasteiger partial charge in [0.1, 0.15) is 12.7 Å². The molecule has 1 aliphatic rings. The zero-order valence-electron chi connectivity index (χ0n) is 12.9. The maximum atomic E-state index is 12.0. The van der Waals surface area contributed by atoms with Crippen molar-refractivity contribution in [3.63, 3.8) is 0 Å². The van der Waals surface area contributed by atoms with Crippen LogP contribution in [0.1, 0.15) is 18.9 Å². The Bertz CT molecular complexity index is 513. The van der Waals surface area contributed by atoms with Crippen LogP contribution >= 0.6 is 0 Å². The van der Waals surface area contributed by atoms with Gasteiger partial charge in [-0.25, -0.2) is 9.59 Å². The van der Waals surface area contributed by atoms with Crippen LogP contribution in [0.4, 0.5) is 4.79 Å². The molecule has 0 bridgehead atoms. The van der Waals surface area contributed by atoms with E-state index in [1.807, 2.05) is 30.3 Å². The van der Waals surface area contributed by atoms with Crippen LogP contribution in [0.25, 0.3) is 0 Å². The number of benzene rings is 1. The van der Waals surface area contributed by atoms with Gasteiger partial charge in [0.05, 0.1) is 19.3 Å². The van der Waals surface area contributed by atoms with Crippen LogP contribution < -0.4 is 5.32 Å². The Morgan fingerprint density at radius 2 is 2.13 bits per heavy atom. The van der Waals surface area contributed by atoms with E-state index in [0.717, 1.165) is 5.56 Å². The molecule has 7 nitrogen and oxygen atoms in total. The van der Waals surface area contributed by atoms with Gasteiger partial charge in [-0.05, 0) is 12.5 Å². The number of esters is 1. The average Bonchev–Trinajstić information content (AvgIpc) is 3.04. The van der Waals surface area contributed by atoms with E-state index in [-0.39, 0.29) is 12.7 Å². The van der Waals surface area contributed by atoms with E-state index in [0.29, 0.717) is 19.6 Å². The number of aliphatic hydroxyl groups excluding tert-OH is 1. The van der Waals surface area contributed by atoms with E-state index in [1.165, 1.54) is 6.92 Å². The second-order valence-electron chi connectivity index (χ2n) is 5.35. The van der Waals surface area contributed by atoms with Gasteiger partial charge in [-0.3, -0.25) is 0 Å². The van der Waals surface area contributed by atoms with E-state index in [1.54, 1.807) is 0 Å². The molecule has 2 N–H and O–H groups in total. The van der Waals surface area contributed by atoms with Gasteiger partial charge >= 0.3 is 12.1 Å². The van der Waals surface area contributed by atoms with Gasteiger partial charge in [-0.2, -0.15) is 0 Å². The van der Waals surface area contributed by atoms with Gasteiger partial charge in [0.2, 0.25) is 0 Å². The van der Waals surface area contributed by atoms with Crippen molar-refractivity contribution in [3.05, 3.63) is 35.9 Å². The second kappa shape index (κ2) is 8.50. The Labute approximate surface area is 134 Å². The number of aliphatic hydroxyl groups is 1. The minimum absolute atomic E-state index is 0.0741. The summed E-state index contributed by atoms with van der Waals surface area (Å²) in [6, 6.07) is 7.96. The highest BCUT2D eigenvalue weighted by Gasteiger charge is 2.31. The first-order valence-electron chi connectivity index (χ1n) is 7.50. The molecule has 3 atom stereocenters. The summed E-state index contributed by atoms with van der Waals surface area (Å²) in [6.45, 7) is 2.33. The first-order chi connectivity index (χ1) is 11.1. The van der Waals surface area contributed by atoms with E-state index in [2.05, 4.69) is 5.32 Å². The molecule has 1 aliphatic heterocycles. The summed E-state index contributed by atoms with van der Waals surface area (Å²) in [7, 11) is 0. The summed E-state index contributed by atoms with van der Waals surface area (Å²) in [5.41, 5.74) is 0.821. The van der Waals surface area contributed by atoms with Crippen LogP contribution in [0.3, 0.4) is 0 Å². The molecule has 0 aliphatic carbocycles. The lowest BCUT2D eigenvalue weighted by Gasteiger charge is -2.21. The van der Waals surface area contributed by atoms with Crippen molar-refractivity contribution in [3.8, 4) is 0 Å². The number of carbonyl (C=O) groups excluding carboxylic acids is 2. The van der Waals surface area contributed by atoms with Crippen molar-refractivity contribution < 1.29 is 28.9 Å². The second-order valence-corrected chi connectivity index (χ2v) is 5.35. The van der Waals surface area contributed by atoms with E-state index in [9.17, 15) is 14.7 Å². The topological polar surface area (TPSA) is 94.1 Å². The van der Waals surface area contributed by atoms with Gasteiger partial charge in [-0.1, -0.05) is 30.3 Å². The lowest BCUT2D eigenvalue weighted by Crippen LogP contribution is -2.49. The fourth-order valence-corrected chi connectivity index (χ4v) is 2.11. The minimum Gasteiger partial charge on any atom is -0.458 e. The number of ether oxygens (including phenoxy) is 3. The molecule has 2 rings (SSSR count). The Morgan fingerprint density at radius 1 is 1.39 bits per heavy atom. The van der Waals surface area contributed by atoms with Crippen molar-refractivity contribution in [2.24, 2.45) is 0 Å². The fraction of sp³-hybridized carbons (Fsp3) is 0.500. The van der Waals surface area contributed by atoms with Gasteiger partial charge in [0.25, 0.3) is 0 Å². The lowest BCUT2D eigenvalue weighted by atomic mass is 10.2. The number of carbonyl (C=O) groups is 2. The summed E-state index contributed by atoms with van der Waals surface area (Å²) >= 11 is 0. The van der Waals surface area contributed by atoms with Crippen LogP contribution in [0, 0.1) is 0 Å². The molecule has 23 heavy (non-hydrogen) atoms. The van der Waals surface area contributed by atoms with Crippen molar-refractivity contribution in [1.29, 1.82) is 0 Å². The molecule has 0 aromatic heterocycles. The Hall–Kier alpha value is -2.12. The highest BCUT2D eigenvalue weighted by molar-refractivity contribution is 5.82. The molecule has 1 saturated heterocycles. The molecular weight excluding hydrogens is 302 g/mol. The molecule has 7 heteroatoms. The van der Waals surface area contributed by atoms with Crippen molar-refractivity contribution >= 4 is 12.1 Å². The van der Waals surface area contributed by atoms with E-state index >= 15 is 0 Å². The Morgan fingerprint density at radius 3 is 2.74 bits per heavy atom. The maximum Gasteiger partial charge on any atom is 0.408 e. The van der Waals surface area contributed by atoms with Crippen LogP contribution in [-0.4, -0.2) is 48.6 Å². The van der Waals surface area contributed by atoms with Gasteiger partial charge < -0.3 is 24.6 Å². The third-order valence-electron chi connectivity index (χ3n) is 3.39. The highest BCUT2D eigenvalue weighted by atomic mass is 16.6. The number of nitrogens with one attached hydrogen (secondary N) is 1. The number of amides is 1. The molecule has 1 heterocycles. The highest BCUT2D eigenvalue weighted by Crippen LogP contribution is 2.10. The SMILES string of the molecule is C[C@H](O)[C@H](NC(=O)OCc1ccccc1)C(=O)OC1CCOC1. The summed E-state index contributed by atoms with van der Waals surface area (Å²) in [5, 5.41) is 12.0. The van der Waals surface area contributed by atoms with Crippen molar-refractivity contribution in [2.45, 2.75) is 38.2 Å². The molecule has 0 spiro atoms. The quantitative estimate of drug-likeness (QED) is 0.758. The molecule has 1 aromatic carbocycles. The van der Waals surface area contributed by atoms with Crippen LogP contribution in [0.2, 0.25) is 0 Å². The van der Waals surface area contributed by atoms with E-state index in [4.69, 9.17) is 14.2 Å². The zero-order valence-corrected chi connectivity index (χ0v) is 12.9. The number of hydrogen-bond donors (Lipinski definition) is 2. The molecule has 1 amide bonds.